The fraction of sp³-hybridized carbons (Fsp3) is 0.861. The maximum Gasteiger partial charge on any atom is 0.220 e. The Labute approximate surface area is 249 Å². The van der Waals surface area contributed by atoms with Crippen LogP contribution in [0.2, 0.25) is 0 Å². The number of hydrogen-bond acceptors (Lipinski definition) is 3. The molecule has 0 aromatic rings. The number of aliphatic hydroxyl groups is 2. The molecule has 0 saturated heterocycles. The van der Waals surface area contributed by atoms with Gasteiger partial charge in [0.1, 0.15) is 0 Å². The summed E-state index contributed by atoms with van der Waals surface area (Å²) >= 11 is 0. The lowest BCUT2D eigenvalue weighted by Crippen LogP contribution is -2.45. The quantitative estimate of drug-likeness (QED) is 0.0580. The van der Waals surface area contributed by atoms with Gasteiger partial charge in [0, 0.05) is 6.42 Å². The van der Waals surface area contributed by atoms with Crippen LogP contribution in [-0.2, 0) is 4.79 Å². The summed E-state index contributed by atoms with van der Waals surface area (Å²) in [6.45, 7) is 4.25. The molecule has 0 rings (SSSR count). The molecule has 3 N–H and O–H groups in total. The van der Waals surface area contributed by atoms with Crippen LogP contribution in [0.25, 0.3) is 0 Å². The van der Waals surface area contributed by atoms with Crippen LogP contribution < -0.4 is 5.32 Å². The van der Waals surface area contributed by atoms with Crippen LogP contribution in [0.4, 0.5) is 0 Å². The number of allylic oxidation sites excluding steroid dienone is 3. The molecule has 40 heavy (non-hydrogen) atoms. The summed E-state index contributed by atoms with van der Waals surface area (Å²) in [4.78, 5) is 12.2. The molecule has 4 heteroatoms. The minimum atomic E-state index is -0.855. The highest BCUT2D eigenvalue weighted by atomic mass is 16.3. The second-order valence-electron chi connectivity index (χ2n) is 11.9. The Bertz CT molecular complexity index is 574. The maximum absolute atomic E-state index is 12.2. The Kier molecular flexibility index (Phi) is 31.5. The number of carbonyl (C=O) groups excluding carboxylic acids is 1. The first-order valence-electron chi connectivity index (χ1n) is 17.6. The monoisotopic (exact) mass is 564 g/mol. The third-order valence-corrected chi connectivity index (χ3v) is 7.94. The lowest BCUT2D eigenvalue weighted by atomic mass is 10.0. The molecule has 0 aliphatic rings. The van der Waals surface area contributed by atoms with Crippen LogP contribution in [0, 0.1) is 0 Å². The van der Waals surface area contributed by atoms with Gasteiger partial charge in [0.25, 0.3) is 0 Å². The van der Waals surface area contributed by atoms with Crippen LogP contribution in [0.3, 0.4) is 0 Å². The number of unbranched alkanes of at least 4 members (excludes halogenated alkanes) is 22. The fourth-order valence-electron chi connectivity index (χ4n) is 5.19. The number of nitrogens with one attached hydrogen (secondary N) is 1. The average molecular weight is 564 g/mol. The predicted octanol–water partition coefficient (Wildman–Crippen LogP) is 10.1. The summed E-state index contributed by atoms with van der Waals surface area (Å²) in [5.74, 6) is -0.0797. The first-order valence-corrected chi connectivity index (χ1v) is 17.6. The maximum atomic E-state index is 12.2. The largest absolute Gasteiger partial charge is 0.394 e. The molecule has 0 spiro atoms. The normalized spacial score (nSPS) is 13.4. The predicted molar refractivity (Wildman–Crippen MR) is 175 cm³/mol. The highest BCUT2D eigenvalue weighted by Crippen LogP contribution is 2.14. The van der Waals surface area contributed by atoms with Crippen molar-refractivity contribution in [3.05, 3.63) is 24.3 Å². The summed E-state index contributed by atoms with van der Waals surface area (Å²) in [6.07, 6.45) is 39.9. The molecule has 0 heterocycles. The van der Waals surface area contributed by atoms with Crippen molar-refractivity contribution in [3.63, 3.8) is 0 Å². The standard InChI is InChI=1S/C36H69NO3/c1-3-5-7-9-11-13-14-15-16-17-18-19-20-21-22-23-24-25-27-29-31-35(39)34(33-38)37-36(40)32-30-28-26-12-10-8-6-4-2/h23-24,29,31,34-35,38-39H,3-22,25-28,30,32-33H2,1-2H3,(H,37,40)/b24-23+,31-29+. The minimum absolute atomic E-state index is 0.0797. The second kappa shape index (κ2) is 32.4. The van der Waals surface area contributed by atoms with Crippen molar-refractivity contribution in [2.75, 3.05) is 6.61 Å². The lowest BCUT2D eigenvalue weighted by molar-refractivity contribution is -0.123. The van der Waals surface area contributed by atoms with E-state index in [9.17, 15) is 15.0 Å². The van der Waals surface area contributed by atoms with Gasteiger partial charge in [0.2, 0.25) is 5.91 Å². The van der Waals surface area contributed by atoms with Crippen LogP contribution >= 0.6 is 0 Å². The van der Waals surface area contributed by atoms with E-state index in [1.165, 1.54) is 128 Å². The number of carbonyl (C=O) groups is 1. The topological polar surface area (TPSA) is 69.6 Å². The van der Waals surface area contributed by atoms with E-state index in [4.69, 9.17) is 0 Å². The zero-order chi connectivity index (χ0) is 29.4. The van der Waals surface area contributed by atoms with E-state index in [2.05, 4.69) is 31.3 Å². The number of hydrogen-bond donors (Lipinski definition) is 3. The van der Waals surface area contributed by atoms with Crippen molar-refractivity contribution in [2.45, 2.75) is 193 Å². The first kappa shape index (κ1) is 38.9. The molecule has 0 aromatic carbocycles. The van der Waals surface area contributed by atoms with E-state index in [1.54, 1.807) is 6.08 Å². The van der Waals surface area contributed by atoms with E-state index in [0.29, 0.717) is 6.42 Å². The van der Waals surface area contributed by atoms with Gasteiger partial charge in [0.05, 0.1) is 18.8 Å². The van der Waals surface area contributed by atoms with Gasteiger partial charge < -0.3 is 15.5 Å². The highest BCUT2D eigenvalue weighted by molar-refractivity contribution is 5.76. The summed E-state index contributed by atoms with van der Waals surface area (Å²) in [5.41, 5.74) is 0. The number of aliphatic hydroxyl groups excluding tert-OH is 2. The van der Waals surface area contributed by atoms with Crippen LogP contribution in [-0.4, -0.2) is 34.9 Å². The molecule has 0 aliphatic heterocycles. The van der Waals surface area contributed by atoms with E-state index < -0.39 is 12.1 Å². The zero-order valence-corrected chi connectivity index (χ0v) is 26.9. The Morgan fingerprint density at radius 3 is 1.45 bits per heavy atom. The molecule has 0 aliphatic carbocycles. The van der Waals surface area contributed by atoms with Crippen molar-refractivity contribution in [3.8, 4) is 0 Å². The van der Waals surface area contributed by atoms with E-state index >= 15 is 0 Å². The van der Waals surface area contributed by atoms with Crippen molar-refractivity contribution in [1.82, 2.24) is 5.32 Å². The summed E-state index contributed by atoms with van der Waals surface area (Å²) < 4.78 is 0. The van der Waals surface area contributed by atoms with Crippen LogP contribution in [0.5, 0.6) is 0 Å². The molecule has 236 valence electrons. The Morgan fingerprint density at radius 2 is 0.975 bits per heavy atom. The molecule has 0 aromatic heterocycles. The van der Waals surface area contributed by atoms with Gasteiger partial charge in [-0.15, -0.1) is 0 Å². The van der Waals surface area contributed by atoms with Gasteiger partial charge in [-0.05, 0) is 32.1 Å². The Hall–Kier alpha value is -1.13. The molecule has 4 nitrogen and oxygen atoms in total. The number of amides is 1. The van der Waals surface area contributed by atoms with Gasteiger partial charge in [-0.25, -0.2) is 0 Å². The molecule has 0 radical (unpaired) electrons. The first-order chi connectivity index (χ1) is 19.7. The summed E-state index contributed by atoms with van der Waals surface area (Å²) in [6, 6.07) is -0.631. The SMILES string of the molecule is CCCCCCCCCCCCCCCC/C=C/CC/C=C/C(O)C(CO)NC(=O)CCCCCCCCCC. The lowest BCUT2D eigenvalue weighted by Gasteiger charge is -2.19. The van der Waals surface area contributed by atoms with Crippen molar-refractivity contribution in [2.24, 2.45) is 0 Å². The summed E-state index contributed by atoms with van der Waals surface area (Å²) in [5, 5.41) is 22.7. The Balaban J connectivity index is 3.62. The van der Waals surface area contributed by atoms with Crippen molar-refractivity contribution >= 4 is 5.91 Å². The Morgan fingerprint density at radius 1 is 0.575 bits per heavy atom. The highest BCUT2D eigenvalue weighted by Gasteiger charge is 2.17. The van der Waals surface area contributed by atoms with Gasteiger partial charge in [-0.1, -0.05) is 167 Å². The minimum Gasteiger partial charge on any atom is -0.394 e. The second-order valence-corrected chi connectivity index (χ2v) is 11.9. The van der Waals surface area contributed by atoms with E-state index in [1.807, 2.05) is 6.08 Å². The molecular formula is C36H69NO3. The van der Waals surface area contributed by atoms with Gasteiger partial charge >= 0.3 is 0 Å². The molecule has 1 amide bonds. The fourth-order valence-corrected chi connectivity index (χ4v) is 5.19. The molecule has 2 unspecified atom stereocenters. The smallest absolute Gasteiger partial charge is 0.220 e. The summed E-state index contributed by atoms with van der Waals surface area (Å²) in [7, 11) is 0. The number of rotatable bonds is 31. The third-order valence-electron chi connectivity index (χ3n) is 7.94. The van der Waals surface area contributed by atoms with E-state index in [0.717, 1.165) is 32.1 Å². The average Bonchev–Trinajstić information content (AvgIpc) is 2.96. The zero-order valence-electron chi connectivity index (χ0n) is 26.9. The molecular weight excluding hydrogens is 494 g/mol. The molecule has 0 bridgehead atoms. The van der Waals surface area contributed by atoms with Gasteiger partial charge in [-0.2, -0.15) is 0 Å². The van der Waals surface area contributed by atoms with Crippen LogP contribution in [0.1, 0.15) is 181 Å². The molecule has 0 saturated carbocycles. The van der Waals surface area contributed by atoms with Gasteiger partial charge in [0.15, 0.2) is 0 Å². The third kappa shape index (κ3) is 28.4. The van der Waals surface area contributed by atoms with Gasteiger partial charge in [-0.3, -0.25) is 4.79 Å². The van der Waals surface area contributed by atoms with Crippen LogP contribution in [0.15, 0.2) is 24.3 Å². The van der Waals surface area contributed by atoms with Crippen molar-refractivity contribution in [1.29, 1.82) is 0 Å². The van der Waals surface area contributed by atoms with Crippen molar-refractivity contribution < 1.29 is 15.0 Å². The van der Waals surface area contributed by atoms with E-state index in [-0.39, 0.29) is 12.5 Å². The molecule has 0 fully saturated rings. The molecule has 2 atom stereocenters.